The van der Waals surface area contributed by atoms with Crippen molar-refractivity contribution in [3.8, 4) is 0 Å². The molecular weight excluding hydrogens is 290 g/mol. The summed E-state index contributed by atoms with van der Waals surface area (Å²) in [4.78, 5) is 2.36. The summed E-state index contributed by atoms with van der Waals surface area (Å²) in [5.74, 6) is 0.437. The molecule has 0 aromatic carbocycles. The Morgan fingerprint density at radius 1 is 1.19 bits per heavy atom. The summed E-state index contributed by atoms with van der Waals surface area (Å²) >= 11 is 0. The van der Waals surface area contributed by atoms with E-state index in [1.807, 2.05) is 0 Å². The van der Waals surface area contributed by atoms with Crippen molar-refractivity contribution in [1.82, 2.24) is 13.5 Å². The number of nitrogens with zero attached hydrogens (tertiary/aromatic N) is 3. The Hall–Kier alpha value is -0.210. The van der Waals surface area contributed by atoms with Crippen molar-refractivity contribution >= 4 is 10.2 Å². The number of hydrogen-bond acceptors (Lipinski definition) is 4. The summed E-state index contributed by atoms with van der Waals surface area (Å²) in [6.45, 7) is 5.69. The second-order valence-electron chi connectivity index (χ2n) is 6.20. The van der Waals surface area contributed by atoms with E-state index in [0.29, 0.717) is 25.6 Å². The van der Waals surface area contributed by atoms with Crippen LogP contribution in [0.2, 0.25) is 0 Å². The van der Waals surface area contributed by atoms with E-state index in [9.17, 15) is 8.42 Å². The van der Waals surface area contributed by atoms with Crippen LogP contribution in [0.4, 0.5) is 0 Å². The number of ether oxygens (including phenoxy) is 1. The number of rotatable bonds is 7. The van der Waals surface area contributed by atoms with Crippen LogP contribution in [-0.2, 0) is 14.9 Å². The van der Waals surface area contributed by atoms with E-state index in [-0.39, 0.29) is 0 Å². The van der Waals surface area contributed by atoms with Crippen LogP contribution >= 0.6 is 0 Å². The first kappa shape index (κ1) is 17.1. The van der Waals surface area contributed by atoms with Crippen molar-refractivity contribution in [3.63, 3.8) is 0 Å². The van der Waals surface area contributed by atoms with Gasteiger partial charge >= 0.3 is 0 Å². The van der Waals surface area contributed by atoms with E-state index in [1.54, 1.807) is 22.8 Å². The van der Waals surface area contributed by atoms with Gasteiger partial charge in [-0.25, -0.2) is 0 Å². The van der Waals surface area contributed by atoms with Crippen molar-refractivity contribution in [1.29, 1.82) is 0 Å². The van der Waals surface area contributed by atoms with E-state index >= 15 is 0 Å². The zero-order valence-corrected chi connectivity index (χ0v) is 14.1. The zero-order chi connectivity index (χ0) is 15.3. The molecule has 7 heteroatoms. The second kappa shape index (κ2) is 7.87. The second-order valence-corrected chi connectivity index (χ2v) is 8.23. The largest absolute Gasteiger partial charge is 0.383 e. The molecule has 21 heavy (non-hydrogen) atoms. The van der Waals surface area contributed by atoms with Gasteiger partial charge in [-0.15, -0.1) is 0 Å². The quantitative estimate of drug-likeness (QED) is 0.690. The number of piperidine rings is 1. The summed E-state index contributed by atoms with van der Waals surface area (Å²) in [5.41, 5.74) is 0. The van der Waals surface area contributed by atoms with Crippen LogP contribution in [0.1, 0.15) is 25.7 Å². The van der Waals surface area contributed by atoms with E-state index in [4.69, 9.17) is 4.74 Å². The molecule has 0 radical (unpaired) electrons. The molecule has 2 aliphatic rings. The average molecular weight is 319 g/mol. The lowest BCUT2D eigenvalue weighted by Crippen LogP contribution is -2.46. The molecule has 0 bridgehead atoms. The van der Waals surface area contributed by atoms with Crippen LogP contribution < -0.4 is 0 Å². The van der Waals surface area contributed by atoms with Crippen molar-refractivity contribution in [2.75, 3.05) is 60.0 Å². The third-order valence-electron chi connectivity index (χ3n) is 4.53. The third kappa shape index (κ3) is 4.63. The SMILES string of the molecule is COCCN1CC[C@@H](CN(C)S(=O)(=O)N2CCCCC2)C1. The maximum Gasteiger partial charge on any atom is 0.281 e. The fraction of sp³-hybridized carbons (Fsp3) is 1.00. The minimum atomic E-state index is -3.26. The summed E-state index contributed by atoms with van der Waals surface area (Å²) in [5, 5.41) is 0. The van der Waals surface area contributed by atoms with Crippen LogP contribution in [-0.4, -0.2) is 82.0 Å². The molecule has 0 aliphatic carbocycles. The lowest BCUT2D eigenvalue weighted by molar-refractivity contribution is 0.158. The van der Waals surface area contributed by atoms with Gasteiger partial charge in [0.2, 0.25) is 0 Å². The number of hydrogen-bond donors (Lipinski definition) is 0. The molecule has 0 saturated carbocycles. The van der Waals surface area contributed by atoms with Gasteiger partial charge < -0.3 is 9.64 Å². The van der Waals surface area contributed by atoms with Gasteiger partial charge in [-0.3, -0.25) is 0 Å². The van der Waals surface area contributed by atoms with Gasteiger partial charge in [0.05, 0.1) is 6.61 Å². The Morgan fingerprint density at radius 3 is 2.57 bits per heavy atom. The highest BCUT2D eigenvalue weighted by molar-refractivity contribution is 7.86. The molecule has 0 unspecified atom stereocenters. The van der Waals surface area contributed by atoms with E-state index in [0.717, 1.165) is 51.9 Å². The van der Waals surface area contributed by atoms with Crippen molar-refractivity contribution in [2.24, 2.45) is 5.92 Å². The van der Waals surface area contributed by atoms with Gasteiger partial charge in [-0.1, -0.05) is 6.42 Å². The van der Waals surface area contributed by atoms with Gasteiger partial charge in [0.1, 0.15) is 0 Å². The molecule has 1 atom stereocenters. The minimum absolute atomic E-state index is 0.437. The number of likely N-dealkylation sites (tertiary alicyclic amines) is 1. The van der Waals surface area contributed by atoms with Crippen LogP contribution in [0.5, 0.6) is 0 Å². The molecule has 0 amide bonds. The lowest BCUT2D eigenvalue weighted by Gasteiger charge is -2.31. The Morgan fingerprint density at radius 2 is 1.90 bits per heavy atom. The topological polar surface area (TPSA) is 53.1 Å². The van der Waals surface area contributed by atoms with Gasteiger partial charge in [0.25, 0.3) is 10.2 Å². The molecule has 0 spiro atoms. The maximum absolute atomic E-state index is 12.5. The highest BCUT2D eigenvalue weighted by atomic mass is 32.2. The summed E-state index contributed by atoms with van der Waals surface area (Å²) in [7, 11) is 0.178. The van der Waals surface area contributed by atoms with Gasteiger partial charge in [0, 0.05) is 46.9 Å². The average Bonchev–Trinajstić information content (AvgIpc) is 2.93. The van der Waals surface area contributed by atoms with Crippen molar-refractivity contribution < 1.29 is 13.2 Å². The zero-order valence-electron chi connectivity index (χ0n) is 13.3. The molecule has 0 N–H and O–H groups in total. The molecule has 2 saturated heterocycles. The number of methoxy groups -OCH3 is 1. The molecule has 6 nitrogen and oxygen atoms in total. The molecule has 124 valence electrons. The van der Waals surface area contributed by atoms with Crippen LogP contribution in [0.25, 0.3) is 0 Å². The van der Waals surface area contributed by atoms with Crippen LogP contribution in [0, 0.1) is 5.92 Å². The highest BCUT2D eigenvalue weighted by Gasteiger charge is 2.31. The van der Waals surface area contributed by atoms with Crippen LogP contribution in [0.15, 0.2) is 0 Å². The molecular formula is C14H29N3O3S. The standard InChI is InChI=1S/C14H29N3O3S/c1-15(21(18,19)17-7-4-3-5-8-17)12-14-6-9-16(13-14)10-11-20-2/h14H,3-13H2,1-2H3/t14-/m0/s1. The smallest absolute Gasteiger partial charge is 0.281 e. The van der Waals surface area contributed by atoms with Gasteiger partial charge in [-0.05, 0) is 31.7 Å². The molecule has 2 heterocycles. The fourth-order valence-electron chi connectivity index (χ4n) is 3.24. The van der Waals surface area contributed by atoms with E-state index in [2.05, 4.69) is 4.90 Å². The normalized spacial score (nSPS) is 25.8. The lowest BCUT2D eigenvalue weighted by atomic mass is 10.1. The first-order chi connectivity index (χ1) is 10.0. The Balaban J connectivity index is 1.82. The minimum Gasteiger partial charge on any atom is -0.383 e. The first-order valence-corrected chi connectivity index (χ1v) is 9.36. The molecule has 0 aromatic rings. The molecule has 2 rings (SSSR count). The van der Waals surface area contributed by atoms with E-state index < -0.39 is 10.2 Å². The van der Waals surface area contributed by atoms with Crippen molar-refractivity contribution in [3.05, 3.63) is 0 Å². The van der Waals surface area contributed by atoms with Gasteiger partial charge in [0.15, 0.2) is 0 Å². The molecule has 2 fully saturated rings. The Labute approximate surface area is 129 Å². The van der Waals surface area contributed by atoms with Crippen LogP contribution in [0.3, 0.4) is 0 Å². The fourth-order valence-corrected chi connectivity index (χ4v) is 4.75. The Kier molecular flexibility index (Phi) is 6.43. The summed E-state index contributed by atoms with van der Waals surface area (Å²) < 4.78 is 33.4. The van der Waals surface area contributed by atoms with Crippen molar-refractivity contribution in [2.45, 2.75) is 25.7 Å². The Bertz CT molecular complexity index is 410. The van der Waals surface area contributed by atoms with Gasteiger partial charge in [-0.2, -0.15) is 17.0 Å². The predicted octanol–water partition coefficient (Wildman–Crippen LogP) is 0.617. The highest BCUT2D eigenvalue weighted by Crippen LogP contribution is 2.20. The summed E-state index contributed by atoms with van der Waals surface area (Å²) in [6.07, 6.45) is 4.19. The first-order valence-electron chi connectivity index (χ1n) is 7.96. The maximum atomic E-state index is 12.5. The third-order valence-corrected chi connectivity index (χ3v) is 6.49. The monoisotopic (exact) mass is 319 g/mol. The predicted molar refractivity (Wildman–Crippen MR) is 83.4 cm³/mol. The summed E-state index contributed by atoms with van der Waals surface area (Å²) in [6, 6.07) is 0. The molecule has 2 aliphatic heterocycles. The molecule has 0 aromatic heterocycles. The van der Waals surface area contributed by atoms with E-state index in [1.165, 1.54) is 0 Å².